The number of carbonyl (C=O) groups is 7. The van der Waals surface area contributed by atoms with Gasteiger partial charge in [0.2, 0.25) is 29.5 Å². The van der Waals surface area contributed by atoms with Crippen LogP contribution in [0.4, 0.5) is 0 Å². The summed E-state index contributed by atoms with van der Waals surface area (Å²) in [5, 5.41) is 25.6. The molecule has 0 radical (unpaired) electrons. The Morgan fingerprint density at radius 3 is 1.41 bits per heavy atom. The summed E-state index contributed by atoms with van der Waals surface area (Å²) in [5.74, 6) is -3.65. The predicted octanol–water partition coefficient (Wildman–Crippen LogP) is 3.79. The molecule has 0 aliphatic heterocycles. The van der Waals surface area contributed by atoms with Gasteiger partial charge in [-0.05, 0) is 37.1 Å². The fourth-order valence-corrected chi connectivity index (χ4v) is 8.67. The Labute approximate surface area is 407 Å². The molecule has 366 valence electrons. The first kappa shape index (κ1) is 49.0. The number of carbonyl (C=O) groups excluding carboxylic acids is 7. The summed E-state index contributed by atoms with van der Waals surface area (Å²) in [7, 11) is 0. The van der Waals surface area contributed by atoms with Crippen molar-refractivity contribution in [2.45, 2.75) is 32.6 Å². The Bertz CT molecular complexity index is 3310. The molecule has 8 N–H and O–H groups in total. The first-order valence-corrected chi connectivity index (χ1v) is 23.6. The van der Waals surface area contributed by atoms with Crippen LogP contribution in [0.25, 0.3) is 65.7 Å². The number of hydrogen-bond donors (Lipinski definition) is 8. The summed E-state index contributed by atoms with van der Waals surface area (Å²) in [6.07, 6.45) is 2.92. The maximum atomic E-state index is 14.1. The van der Waals surface area contributed by atoms with Crippen molar-refractivity contribution in [3.8, 4) is 0 Å². The van der Waals surface area contributed by atoms with Crippen LogP contribution in [-0.2, 0) is 24.0 Å². The van der Waals surface area contributed by atoms with Crippen molar-refractivity contribution in [3.63, 3.8) is 0 Å². The van der Waals surface area contributed by atoms with Gasteiger partial charge in [-0.3, -0.25) is 33.6 Å². The van der Waals surface area contributed by atoms with Gasteiger partial charge in [0.05, 0.1) is 70.4 Å². The first-order valence-electron chi connectivity index (χ1n) is 23.6. The highest BCUT2D eigenvalue weighted by Gasteiger charge is 2.25. The molecule has 19 nitrogen and oxygen atoms in total. The van der Waals surface area contributed by atoms with Crippen molar-refractivity contribution in [2.24, 2.45) is 0 Å². The summed E-state index contributed by atoms with van der Waals surface area (Å²) >= 11 is 0. The van der Waals surface area contributed by atoms with Crippen LogP contribution in [0.3, 0.4) is 0 Å². The average Bonchev–Trinajstić information content (AvgIpc) is 3.93. The number of unbranched alkanes of at least 4 members (excludes halogenated alkanes) is 3. The van der Waals surface area contributed by atoms with Crippen LogP contribution in [0, 0.1) is 0 Å². The van der Waals surface area contributed by atoms with Crippen LogP contribution in [-0.4, -0.2) is 142 Å². The molecule has 0 aliphatic rings. The maximum Gasteiger partial charge on any atom is 0.254 e. The van der Waals surface area contributed by atoms with E-state index in [1.165, 1.54) is 16.7 Å². The molecule has 7 amide bonds. The van der Waals surface area contributed by atoms with E-state index in [1.807, 2.05) is 66.7 Å². The summed E-state index contributed by atoms with van der Waals surface area (Å²) in [4.78, 5) is 113. The quantitative estimate of drug-likeness (QED) is 0.0456. The molecular formula is C52H55N11O8. The minimum absolute atomic E-state index is 0.0264. The van der Waals surface area contributed by atoms with Crippen molar-refractivity contribution in [1.82, 2.24) is 56.3 Å². The van der Waals surface area contributed by atoms with Gasteiger partial charge in [-0.15, -0.1) is 0 Å². The number of H-pyrrole nitrogens is 2. The smallest absolute Gasteiger partial charge is 0.254 e. The highest BCUT2D eigenvalue weighted by atomic mass is 16.3. The second-order valence-corrected chi connectivity index (χ2v) is 17.1. The number of aliphatic hydroxyl groups is 1. The molecule has 19 heteroatoms. The Balaban J connectivity index is 0.928. The third-order valence-corrected chi connectivity index (χ3v) is 12.2. The summed E-state index contributed by atoms with van der Waals surface area (Å²) in [6.45, 7) is -0.309. The molecule has 0 atom stereocenters. The van der Waals surface area contributed by atoms with Crippen molar-refractivity contribution in [1.29, 1.82) is 0 Å². The zero-order valence-corrected chi connectivity index (χ0v) is 39.2. The molecule has 0 fully saturated rings. The van der Waals surface area contributed by atoms with E-state index in [0.29, 0.717) is 74.4 Å². The molecule has 0 bridgehead atoms. The summed E-state index contributed by atoms with van der Waals surface area (Å²) in [6, 6.07) is 29.5. The van der Waals surface area contributed by atoms with Crippen molar-refractivity contribution in [2.75, 3.05) is 65.5 Å². The van der Waals surface area contributed by atoms with Crippen LogP contribution < -0.4 is 26.6 Å². The lowest BCUT2D eigenvalue weighted by molar-refractivity contribution is -0.136. The van der Waals surface area contributed by atoms with E-state index in [0.717, 1.165) is 34.6 Å². The zero-order chi connectivity index (χ0) is 49.9. The van der Waals surface area contributed by atoms with Crippen molar-refractivity contribution < 1.29 is 38.7 Å². The van der Waals surface area contributed by atoms with Crippen LogP contribution in [0.5, 0.6) is 0 Å². The number of pyridine rings is 2. The van der Waals surface area contributed by atoms with E-state index < -0.39 is 55.1 Å². The number of nitrogens with one attached hydrogen (secondary N) is 7. The average molecular weight is 962 g/mol. The number of aliphatic hydroxyl groups excluding tert-OH is 1. The standard InChI is InChI=1S/C52H55N11O8/c1-32(65)53-23-25-62(43(68)28-56-51(70)45-33-14-4-8-18-37(33)58-47-35-16-6-10-20-39(35)60-49(45)47)31-42(67)55-24-26-63(30-41(66)54-22-12-2-3-13-27-64)44(69)29-57-52(71)46-34-15-5-9-19-38(34)59-48-36-17-7-11-21-40(36)61-50(46)48/h4-11,14-21,60-61,64H,2-3,12-13,22-31H2,1H3,(H,53,65)(H,54,66)(H,55,67)(H,56,70)(H,57,71). The summed E-state index contributed by atoms with van der Waals surface area (Å²) < 4.78 is 0. The SMILES string of the molecule is CC(=O)NCCN(CC(=O)NCCN(CC(=O)NCCCCCCO)C(=O)CNC(=O)c1c2ccccc2nc2c1[nH]c1ccccc12)C(=O)CNC(=O)c1c2ccccc2nc2c1[nH]c1ccccc12. The topological polar surface area (TPSA) is 264 Å². The van der Waals surface area contributed by atoms with Gasteiger partial charge in [0.25, 0.3) is 11.8 Å². The van der Waals surface area contributed by atoms with Gasteiger partial charge in [-0.1, -0.05) is 85.6 Å². The third kappa shape index (κ3) is 11.5. The second kappa shape index (κ2) is 22.8. The number of rotatable bonds is 22. The van der Waals surface area contributed by atoms with Gasteiger partial charge < -0.3 is 51.5 Å². The molecule has 8 aromatic rings. The zero-order valence-electron chi connectivity index (χ0n) is 39.2. The Morgan fingerprint density at radius 2 is 0.930 bits per heavy atom. The maximum absolute atomic E-state index is 14.1. The van der Waals surface area contributed by atoms with Gasteiger partial charge in [-0.2, -0.15) is 0 Å². The number of hydrogen-bond acceptors (Lipinski definition) is 10. The lowest BCUT2D eigenvalue weighted by atomic mass is 10.1. The minimum atomic E-state index is -0.604. The second-order valence-electron chi connectivity index (χ2n) is 17.1. The Kier molecular flexibility index (Phi) is 15.7. The molecule has 4 aromatic heterocycles. The Hall–Kier alpha value is -8.45. The van der Waals surface area contributed by atoms with E-state index in [2.05, 4.69) is 36.6 Å². The van der Waals surface area contributed by atoms with Crippen LogP contribution >= 0.6 is 0 Å². The fraction of sp³-hybridized carbons (Fsp3) is 0.288. The lowest BCUT2D eigenvalue weighted by Gasteiger charge is -2.24. The fourth-order valence-electron chi connectivity index (χ4n) is 8.67. The normalized spacial score (nSPS) is 11.3. The molecule has 8 rings (SSSR count). The largest absolute Gasteiger partial charge is 0.396 e. The van der Waals surface area contributed by atoms with Gasteiger partial charge in [0.1, 0.15) is 0 Å². The highest BCUT2D eigenvalue weighted by molar-refractivity contribution is 6.22. The van der Waals surface area contributed by atoms with E-state index in [-0.39, 0.29) is 45.2 Å². The molecule has 4 heterocycles. The number of nitrogens with zero attached hydrogens (tertiary/aromatic N) is 4. The minimum Gasteiger partial charge on any atom is -0.396 e. The number of aromatic nitrogens is 4. The number of para-hydroxylation sites is 4. The van der Waals surface area contributed by atoms with Crippen LogP contribution in [0.15, 0.2) is 97.1 Å². The summed E-state index contributed by atoms with van der Waals surface area (Å²) in [5.41, 5.74) is 5.60. The van der Waals surface area contributed by atoms with E-state index in [1.54, 1.807) is 30.3 Å². The molecule has 71 heavy (non-hydrogen) atoms. The van der Waals surface area contributed by atoms with Crippen molar-refractivity contribution in [3.05, 3.63) is 108 Å². The number of amides is 7. The van der Waals surface area contributed by atoms with Crippen LogP contribution in [0.2, 0.25) is 0 Å². The molecule has 0 aliphatic carbocycles. The molecular weight excluding hydrogens is 907 g/mol. The van der Waals surface area contributed by atoms with Gasteiger partial charge >= 0.3 is 0 Å². The van der Waals surface area contributed by atoms with E-state index in [9.17, 15) is 33.6 Å². The Morgan fingerprint density at radius 1 is 0.507 bits per heavy atom. The van der Waals surface area contributed by atoms with Gasteiger partial charge in [0, 0.05) is 78.8 Å². The molecule has 4 aromatic carbocycles. The predicted molar refractivity (Wildman–Crippen MR) is 270 cm³/mol. The molecule has 0 spiro atoms. The van der Waals surface area contributed by atoms with E-state index in [4.69, 9.17) is 15.1 Å². The van der Waals surface area contributed by atoms with Gasteiger partial charge in [-0.25, -0.2) is 9.97 Å². The number of fused-ring (bicyclic) bond motifs is 8. The van der Waals surface area contributed by atoms with E-state index >= 15 is 0 Å². The number of benzene rings is 4. The molecule has 0 saturated heterocycles. The molecule has 0 saturated carbocycles. The third-order valence-electron chi connectivity index (χ3n) is 12.2. The van der Waals surface area contributed by atoms with Gasteiger partial charge in [0.15, 0.2) is 0 Å². The molecule has 0 unspecified atom stereocenters. The van der Waals surface area contributed by atoms with Crippen LogP contribution in [0.1, 0.15) is 53.3 Å². The van der Waals surface area contributed by atoms with Crippen molar-refractivity contribution >= 4 is 107 Å². The number of aromatic amines is 2. The first-order chi connectivity index (χ1) is 34.5. The lowest BCUT2D eigenvalue weighted by Crippen LogP contribution is -2.50. The monoisotopic (exact) mass is 961 g/mol. The highest BCUT2D eigenvalue weighted by Crippen LogP contribution is 2.32.